The number of nitrogens with two attached hydrogens (primary N) is 1. The molecule has 4 heteroatoms. The molecule has 20 heavy (non-hydrogen) atoms. The maximum Gasteiger partial charge on any atom is 0.160 e. The summed E-state index contributed by atoms with van der Waals surface area (Å²) >= 11 is 0. The lowest BCUT2D eigenvalue weighted by atomic mass is 9.78. The van der Waals surface area contributed by atoms with Crippen molar-refractivity contribution in [3.63, 3.8) is 0 Å². The quantitative estimate of drug-likeness (QED) is 0.919. The molecule has 0 radical (unpaired) electrons. The van der Waals surface area contributed by atoms with Crippen LogP contribution in [0.15, 0.2) is 6.07 Å². The molecule has 1 saturated carbocycles. The summed E-state index contributed by atoms with van der Waals surface area (Å²) < 4.78 is 5.89. The van der Waals surface area contributed by atoms with Crippen LogP contribution in [-0.4, -0.2) is 23.1 Å². The first-order chi connectivity index (χ1) is 9.45. The Kier molecular flexibility index (Phi) is 4.76. The van der Waals surface area contributed by atoms with Gasteiger partial charge in [-0.3, -0.25) is 0 Å². The molecule has 1 aliphatic carbocycles. The summed E-state index contributed by atoms with van der Waals surface area (Å²) in [5.41, 5.74) is 7.62. The second-order valence-electron chi connectivity index (χ2n) is 6.41. The molecule has 2 rings (SSSR count). The highest BCUT2D eigenvalue weighted by Crippen LogP contribution is 2.41. The molecular formula is C16H27N3O. The Morgan fingerprint density at radius 3 is 2.85 bits per heavy atom. The van der Waals surface area contributed by atoms with Crippen LogP contribution in [0.4, 0.5) is 0 Å². The molecule has 0 aromatic carbocycles. The maximum atomic E-state index is 5.90. The van der Waals surface area contributed by atoms with Gasteiger partial charge in [0.1, 0.15) is 5.60 Å². The van der Waals surface area contributed by atoms with Crippen LogP contribution in [-0.2, 0) is 16.8 Å². The molecule has 0 amide bonds. The number of hydrogen-bond donors (Lipinski definition) is 1. The van der Waals surface area contributed by atoms with Crippen LogP contribution in [0, 0.1) is 12.8 Å². The van der Waals surface area contributed by atoms with Crippen LogP contribution in [0.25, 0.3) is 0 Å². The van der Waals surface area contributed by atoms with E-state index in [2.05, 4.69) is 11.9 Å². The molecule has 0 aliphatic heterocycles. The smallest absolute Gasteiger partial charge is 0.160 e. The molecule has 0 spiro atoms. The highest BCUT2D eigenvalue weighted by molar-refractivity contribution is 5.16. The molecule has 1 aromatic rings. The van der Waals surface area contributed by atoms with Gasteiger partial charge in [-0.25, -0.2) is 9.97 Å². The van der Waals surface area contributed by atoms with E-state index >= 15 is 0 Å². The summed E-state index contributed by atoms with van der Waals surface area (Å²) in [6.07, 6.45) is 5.24. The molecule has 112 valence electrons. The third-order valence-electron chi connectivity index (χ3n) is 4.19. The third kappa shape index (κ3) is 3.36. The summed E-state index contributed by atoms with van der Waals surface area (Å²) in [5.74, 6) is 1.51. The highest BCUT2D eigenvalue weighted by Gasteiger charge is 2.39. The van der Waals surface area contributed by atoms with E-state index in [1.54, 1.807) is 7.11 Å². The summed E-state index contributed by atoms with van der Waals surface area (Å²) in [7, 11) is 1.79. The minimum absolute atomic E-state index is 0.112. The lowest BCUT2D eigenvalue weighted by Crippen LogP contribution is -2.36. The summed E-state index contributed by atoms with van der Waals surface area (Å²) in [6, 6.07) is 2.14. The summed E-state index contributed by atoms with van der Waals surface area (Å²) in [5, 5.41) is 0. The van der Waals surface area contributed by atoms with Gasteiger partial charge in [0.15, 0.2) is 5.82 Å². The van der Waals surface area contributed by atoms with Crippen LogP contribution < -0.4 is 5.73 Å². The predicted octanol–water partition coefficient (Wildman–Crippen LogP) is 2.73. The molecule has 0 bridgehead atoms. The van der Waals surface area contributed by atoms with Gasteiger partial charge in [-0.05, 0) is 45.1 Å². The Balaban J connectivity index is 2.36. The van der Waals surface area contributed by atoms with E-state index in [0.717, 1.165) is 36.5 Å². The van der Waals surface area contributed by atoms with Crippen molar-refractivity contribution < 1.29 is 4.74 Å². The normalized spacial score (nSPS) is 28.4. The number of methoxy groups -OCH3 is 1. The average molecular weight is 277 g/mol. The Labute approximate surface area is 122 Å². The Morgan fingerprint density at radius 1 is 1.50 bits per heavy atom. The zero-order valence-corrected chi connectivity index (χ0v) is 13.1. The molecule has 1 heterocycles. The van der Waals surface area contributed by atoms with Crippen molar-refractivity contribution in [2.24, 2.45) is 11.7 Å². The van der Waals surface area contributed by atoms with Crippen molar-refractivity contribution in [2.75, 3.05) is 7.11 Å². The zero-order valence-electron chi connectivity index (χ0n) is 13.1. The van der Waals surface area contributed by atoms with E-state index in [0.29, 0.717) is 5.92 Å². The summed E-state index contributed by atoms with van der Waals surface area (Å²) in [6.45, 7) is 6.31. The van der Waals surface area contributed by atoms with E-state index in [1.807, 2.05) is 19.9 Å². The first-order valence-corrected chi connectivity index (χ1v) is 7.61. The van der Waals surface area contributed by atoms with Crippen molar-refractivity contribution in [1.82, 2.24) is 9.97 Å². The first kappa shape index (κ1) is 15.4. The van der Waals surface area contributed by atoms with Gasteiger partial charge in [-0.1, -0.05) is 13.3 Å². The lowest BCUT2D eigenvalue weighted by molar-refractivity contribution is -0.0648. The van der Waals surface area contributed by atoms with Gasteiger partial charge in [-0.15, -0.1) is 0 Å². The number of ether oxygens (including phenoxy) is 1. The van der Waals surface area contributed by atoms with E-state index in [1.165, 1.54) is 12.8 Å². The fraction of sp³-hybridized carbons (Fsp3) is 0.750. The number of hydrogen-bond acceptors (Lipinski definition) is 4. The zero-order chi connectivity index (χ0) is 14.8. The van der Waals surface area contributed by atoms with Crippen LogP contribution in [0.3, 0.4) is 0 Å². The Morgan fingerprint density at radius 2 is 2.25 bits per heavy atom. The molecule has 4 nitrogen and oxygen atoms in total. The third-order valence-corrected chi connectivity index (χ3v) is 4.19. The van der Waals surface area contributed by atoms with Crippen LogP contribution in [0.5, 0.6) is 0 Å². The van der Waals surface area contributed by atoms with Crippen molar-refractivity contribution in [3.8, 4) is 0 Å². The van der Waals surface area contributed by atoms with Crippen LogP contribution in [0.2, 0.25) is 0 Å². The number of rotatable bonds is 4. The van der Waals surface area contributed by atoms with Gasteiger partial charge in [0.05, 0.1) is 0 Å². The van der Waals surface area contributed by atoms with Gasteiger partial charge in [0.2, 0.25) is 0 Å². The van der Waals surface area contributed by atoms with Crippen LogP contribution in [0.1, 0.15) is 56.7 Å². The molecule has 1 aliphatic rings. The van der Waals surface area contributed by atoms with Crippen molar-refractivity contribution in [3.05, 3.63) is 23.3 Å². The largest absolute Gasteiger partial charge is 0.370 e. The first-order valence-electron chi connectivity index (χ1n) is 7.61. The minimum atomic E-state index is -0.309. The Hall–Kier alpha value is -1.00. The van der Waals surface area contributed by atoms with E-state index in [-0.39, 0.29) is 11.6 Å². The van der Waals surface area contributed by atoms with Crippen molar-refractivity contribution in [2.45, 2.75) is 64.5 Å². The lowest BCUT2D eigenvalue weighted by Gasteiger charge is -2.37. The van der Waals surface area contributed by atoms with Gasteiger partial charge in [0.25, 0.3) is 0 Å². The molecule has 0 saturated heterocycles. The number of aromatic nitrogens is 2. The minimum Gasteiger partial charge on any atom is -0.370 e. The second kappa shape index (κ2) is 6.19. The topological polar surface area (TPSA) is 61.0 Å². The van der Waals surface area contributed by atoms with Crippen LogP contribution >= 0.6 is 0 Å². The van der Waals surface area contributed by atoms with E-state index in [4.69, 9.17) is 15.5 Å². The standard InChI is InChI=1S/C16H27N3O/c1-11-6-5-7-16(10-11,20-4)15-18-13(3)9-14(19-15)8-12(2)17/h9,11-12H,5-8,10,17H2,1-4H3. The molecule has 2 N–H and O–H groups in total. The maximum absolute atomic E-state index is 5.90. The molecule has 3 atom stereocenters. The van der Waals surface area contributed by atoms with E-state index < -0.39 is 0 Å². The van der Waals surface area contributed by atoms with Crippen molar-refractivity contribution >= 4 is 0 Å². The Bertz CT molecular complexity index is 461. The molecule has 1 fully saturated rings. The average Bonchev–Trinajstić information content (AvgIpc) is 2.37. The fourth-order valence-electron chi connectivity index (χ4n) is 3.25. The fourth-order valence-corrected chi connectivity index (χ4v) is 3.25. The predicted molar refractivity (Wildman–Crippen MR) is 80.4 cm³/mol. The molecule has 3 unspecified atom stereocenters. The number of aryl methyl sites for hydroxylation is 1. The summed E-state index contributed by atoms with van der Waals surface area (Å²) in [4.78, 5) is 9.42. The van der Waals surface area contributed by atoms with Gasteiger partial charge in [0, 0.05) is 31.0 Å². The van der Waals surface area contributed by atoms with Crippen molar-refractivity contribution in [1.29, 1.82) is 0 Å². The van der Waals surface area contributed by atoms with Gasteiger partial charge < -0.3 is 10.5 Å². The van der Waals surface area contributed by atoms with Gasteiger partial charge in [-0.2, -0.15) is 0 Å². The van der Waals surface area contributed by atoms with E-state index in [9.17, 15) is 0 Å². The SMILES string of the molecule is COC1(c2nc(C)cc(CC(C)N)n2)CCCC(C)C1. The van der Waals surface area contributed by atoms with Gasteiger partial charge >= 0.3 is 0 Å². The second-order valence-corrected chi connectivity index (χ2v) is 6.41. The number of nitrogens with zero attached hydrogens (tertiary/aromatic N) is 2. The monoisotopic (exact) mass is 277 g/mol. The molecular weight excluding hydrogens is 250 g/mol. The highest BCUT2D eigenvalue weighted by atomic mass is 16.5. The molecule has 1 aromatic heterocycles.